The lowest BCUT2D eigenvalue weighted by Crippen LogP contribution is -2.36. The highest BCUT2D eigenvalue weighted by atomic mass is 32.2. The summed E-state index contributed by atoms with van der Waals surface area (Å²) in [7, 11) is -1.86. The van der Waals surface area contributed by atoms with Crippen molar-refractivity contribution in [3.8, 4) is 5.69 Å². The molecule has 0 aliphatic rings. The van der Waals surface area contributed by atoms with E-state index in [4.69, 9.17) is 0 Å². The van der Waals surface area contributed by atoms with Gasteiger partial charge in [0.15, 0.2) is 0 Å². The largest absolute Gasteiger partial charge is 0.243 e. The lowest BCUT2D eigenvalue weighted by Gasteiger charge is -2.25. The van der Waals surface area contributed by atoms with Crippen LogP contribution in [0.1, 0.15) is 32.3 Å². The van der Waals surface area contributed by atoms with E-state index in [1.807, 2.05) is 20.8 Å². The molecule has 8 heteroatoms. The fourth-order valence-electron chi connectivity index (χ4n) is 2.48. The zero-order chi connectivity index (χ0) is 16.3. The zero-order valence-corrected chi connectivity index (χ0v) is 14.1. The van der Waals surface area contributed by atoms with E-state index in [-0.39, 0.29) is 10.9 Å². The Hall–Kier alpha value is -1.80. The van der Waals surface area contributed by atoms with Crippen LogP contribution in [0, 0.1) is 6.92 Å². The van der Waals surface area contributed by atoms with Gasteiger partial charge in [-0.05, 0) is 54.0 Å². The van der Waals surface area contributed by atoms with Gasteiger partial charge < -0.3 is 0 Å². The van der Waals surface area contributed by atoms with Crippen molar-refractivity contribution in [3.05, 3.63) is 30.1 Å². The maximum absolute atomic E-state index is 12.7. The number of hydrogen-bond donors (Lipinski definition) is 0. The van der Waals surface area contributed by atoms with Crippen LogP contribution in [0.5, 0.6) is 0 Å². The van der Waals surface area contributed by atoms with Crippen LogP contribution in [0.4, 0.5) is 0 Å². The van der Waals surface area contributed by atoms with Crippen molar-refractivity contribution < 1.29 is 8.42 Å². The Morgan fingerprint density at radius 3 is 2.45 bits per heavy atom. The molecule has 22 heavy (non-hydrogen) atoms. The summed E-state index contributed by atoms with van der Waals surface area (Å²) in [6.07, 6.45) is 3.05. The van der Waals surface area contributed by atoms with E-state index in [1.165, 1.54) is 15.3 Å². The first-order valence-electron chi connectivity index (χ1n) is 7.23. The molecule has 0 saturated carbocycles. The highest BCUT2D eigenvalue weighted by Gasteiger charge is 2.26. The third-order valence-electron chi connectivity index (χ3n) is 3.90. The van der Waals surface area contributed by atoms with Crippen LogP contribution < -0.4 is 0 Å². The molecule has 2 aromatic rings. The number of rotatable bonds is 6. The molecule has 0 unspecified atom stereocenters. The highest BCUT2D eigenvalue weighted by molar-refractivity contribution is 7.89. The molecule has 1 aromatic heterocycles. The molecule has 0 atom stereocenters. The van der Waals surface area contributed by atoms with Crippen molar-refractivity contribution in [1.29, 1.82) is 0 Å². The topological polar surface area (TPSA) is 81.0 Å². The molecule has 0 spiro atoms. The van der Waals surface area contributed by atoms with Crippen molar-refractivity contribution in [3.63, 3.8) is 0 Å². The van der Waals surface area contributed by atoms with Gasteiger partial charge in [-0.2, -0.15) is 4.31 Å². The van der Waals surface area contributed by atoms with E-state index < -0.39 is 10.0 Å². The zero-order valence-electron chi connectivity index (χ0n) is 13.3. The van der Waals surface area contributed by atoms with Gasteiger partial charge in [-0.1, -0.05) is 13.8 Å². The maximum Gasteiger partial charge on any atom is 0.243 e. The second-order valence-electron chi connectivity index (χ2n) is 5.19. The molecular weight excluding hydrogens is 302 g/mol. The maximum atomic E-state index is 12.7. The molecule has 0 saturated heterocycles. The van der Waals surface area contributed by atoms with E-state index in [1.54, 1.807) is 25.2 Å². The molecule has 0 bridgehead atoms. The van der Waals surface area contributed by atoms with Gasteiger partial charge in [0, 0.05) is 13.1 Å². The van der Waals surface area contributed by atoms with Crippen molar-refractivity contribution in [2.24, 2.45) is 0 Å². The Morgan fingerprint density at radius 1 is 1.27 bits per heavy atom. The summed E-state index contributed by atoms with van der Waals surface area (Å²) in [6.45, 7) is 5.83. The molecule has 1 aromatic carbocycles. The van der Waals surface area contributed by atoms with Crippen LogP contribution in [0.2, 0.25) is 0 Å². The number of tetrazole rings is 1. The average Bonchev–Trinajstić information content (AvgIpc) is 3.02. The molecule has 0 radical (unpaired) electrons. The Labute approximate surface area is 131 Å². The van der Waals surface area contributed by atoms with Crippen LogP contribution in [0.15, 0.2) is 29.4 Å². The summed E-state index contributed by atoms with van der Waals surface area (Å²) in [6, 6.07) is 4.98. The van der Waals surface area contributed by atoms with Crippen LogP contribution >= 0.6 is 0 Å². The minimum atomic E-state index is -3.50. The Balaban J connectivity index is 2.39. The first kappa shape index (κ1) is 16.6. The monoisotopic (exact) mass is 323 g/mol. The van der Waals surface area contributed by atoms with Crippen molar-refractivity contribution >= 4 is 10.0 Å². The first-order chi connectivity index (χ1) is 10.4. The first-order valence-corrected chi connectivity index (χ1v) is 8.67. The molecular formula is C14H21N5O2S. The predicted octanol–water partition coefficient (Wildman–Crippen LogP) is 1.78. The number of aromatic nitrogens is 4. The number of sulfonamides is 1. The molecule has 0 fully saturated rings. The van der Waals surface area contributed by atoms with Gasteiger partial charge >= 0.3 is 0 Å². The van der Waals surface area contributed by atoms with Crippen molar-refractivity contribution in [1.82, 2.24) is 24.5 Å². The van der Waals surface area contributed by atoms with E-state index in [2.05, 4.69) is 15.5 Å². The Kier molecular flexibility index (Phi) is 4.92. The van der Waals surface area contributed by atoms with Gasteiger partial charge in [-0.3, -0.25) is 0 Å². The number of aryl methyl sites for hydroxylation is 1. The number of nitrogens with zero attached hydrogens (tertiary/aromatic N) is 5. The van der Waals surface area contributed by atoms with E-state index >= 15 is 0 Å². The van der Waals surface area contributed by atoms with Crippen LogP contribution in [0.25, 0.3) is 5.69 Å². The van der Waals surface area contributed by atoms with E-state index in [0.717, 1.165) is 24.1 Å². The van der Waals surface area contributed by atoms with Gasteiger partial charge in [-0.25, -0.2) is 13.1 Å². The highest BCUT2D eigenvalue weighted by Crippen LogP contribution is 2.23. The quantitative estimate of drug-likeness (QED) is 0.809. The molecule has 0 amide bonds. The van der Waals surface area contributed by atoms with Crippen LogP contribution in [-0.2, 0) is 10.0 Å². The van der Waals surface area contributed by atoms with E-state index in [9.17, 15) is 8.42 Å². The minimum Gasteiger partial charge on any atom is -0.207 e. The van der Waals surface area contributed by atoms with Gasteiger partial charge in [0.25, 0.3) is 0 Å². The fourth-order valence-corrected chi connectivity index (χ4v) is 4.07. The average molecular weight is 323 g/mol. The third-order valence-corrected chi connectivity index (χ3v) is 5.80. The van der Waals surface area contributed by atoms with Gasteiger partial charge in [0.1, 0.15) is 6.33 Å². The van der Waals surface area contributed by atoms with Crippen LogP contribution in [-0.4, -0.2) is 46.0 Å². The fraction of sp³-hybridized carbons (Fsp3) is 0.500. The Bertz CT molecular complexity index is 724. The summed E-state index contributed by atoms with van der Waals surface area (Å²) in [5.41, 5.74) is 1.56. The molecule has 2 rings (SSSR count). The minimum absolute atomic E-state index is 0.00416. The summed E-state index contributed by atoms with van der Waals surface area (Å²) in [5.74, 6) is 0. The van der Waals surface area contributed by atoms with Crippen molar-refractivity contribution in [2.45, 2.75) is 44.6 Å². The van der Waals surface area contributed by atoms with Crippen LogP contribution in [0.3, 0.4) is 0 Å². The molecule has 120 valence electrons. The van der Waals surface area contributed by atoms with E-state index in [0.29, 0.717) is 0 Å². The van der Waals surface area contributed by atoms with Gasteiger partial charge in [0.2, 0.25) is 10.0 Å². The molecule has 0 aliphatic carbocycles. The Morgan fingerprint density at radius 2 is 1.95 bits per heavy atom. The second kappa shape index (κ2) is 6.53. The smallest absolute Gasteiger partial charge is 0.207 e. The summed E-state index contributed by atoms with van der Waals surface area (Å²) in [5, 5.41) is 11.0. The third kappa shape index (κ3) is 3.02. The second-order valence-corrected chi connectivity index (χ2v) is 7.19. The van der Waals surface area contributed by atoms with Crippen molar-refractivity contribution in [2.75, 3.05) is 7.05 Å². The standard InChI is InChI=1S/C14H21N5O2S/c1-5-12(6-2)18(4)22(20,21)13-7-8-14(11(3)9-13)19-10-15-16-17-19/h7-10,12H,5-6H2,1-4H3. The number of benzene rings is 1. The SMILES string of the molecule is CCC(CC)N(C)S(=O)(=O)c1ccc(-n2cnnn2)c(C)c1. The summed E-state index contributed by atoms with van der Waals surface area (Å²) >= 11 is 0. The molecule has 1 heterocycles. The van der Waals surface area contributed by atoms with Gasteiger partial charge in [-0.15, -0.1) is 5.10 Å². The lowest BCUT2D eigenvalue weighted by molar-refractivity contribution is 0.349. The molecule has 0 N–H and O–H groups in total. The van der Waals surface area contributed by atoms with Gasteiger partial charge in [0.05, 0.1) is 10.6 Å². The normalized spacial score (nSPS) is 12.3. The molecule has 0 aliphatic heterocycles. The predicted molar refractivity (Wildman–Crippen MR) is 83.2 cm³/mol. The summed E-state index contributed by atoms with van der Waals surface area (Å²) in [4.78, 5) is 0.288. The molecule has 7 nitrogen and oxygen atoms in total. The lowest BCUT2D eigenvalue weighted by atomic mass is 10.2. The summed E-state index contributed by atoms with van der Waals surface area (Å²) < 4.78 is 28.4. The number of hydrogen-bond acceptors (Lipinski definition) is 5.